The summed E-state index contributed by atoms with van der Waals surface area (Å²) in [5.41, 5.74) is 0.744. The SMILES string of the molecule is CC1CNCCC1(O)CC1CCOc2ccccc21. The summed E-state index contributed by atoms with van der Waals surface area (Å²) in [5, 5.41) is 14.3. The van der Waals surface area contributed by atoms with E-state index in [1.165, 1.54) is 5.56 Å². The van der Waals surface area contributed by atoms with Crippen LogP contribution in [0.2, 0.25) is 0 Å². The van der Waals surface area contributed by atoms with Crippen molar-refractivity contribution in [3.05, 3.63) is 29.8 Å². The van der Waals surface area contributed by atoms with Crippen LogP contribution in [0.5, 0.6) is 5.75 Å². The molecule has 0 spiro atoms. The van der Waals surface area contributed by atoms with E-state index in [9.17, 15) is 5.11 Å². The molecule has 3 nitrogen and oxygen atoms in total. The third-order valence-corrected chi connectivity index (χ3v) is 4.79. The largest absolute Gasteiger partial charge is 0.493 e. The number of rotatable bonds is 2. The van der Waals surface area contributed by atoms with Gasteiger partial charge in [0.15, 0.2) is 0 Å². The molecule has 0 amide bonds. The van der Waals surface area contributed by atoms with E-state index in [0.29, 0.717) is 11.8 Å². The van der Waals surface area contributed by atoms with Crippen LogP contribution >= 0.6 is 0 Å². The van der Waals surface area contributed by atoms with Crippen molar-refractivity contribution in [2.45, 2.75) is 37.7 Å². The van der Waals surface area contributed by atoms with Crippen molar-refractivity contribution in [2.24, 2.45) is 5.92 Å². The van der Waals surface area contributed by atoms with Gasteiger partial charge in [-0.2, -0.15) is 0 Å². The van der Waals surface area contributed by atoms with E-state index < -0.39 is 5.60 Å². The lowest BCUT2D eigenvalue weighted by molar-refractivity contribution is -0.0480. The van der Waals surface area contributed by atoms with Crippen LogP contribution < -0.4 is 10.1 Å². The first-order chi connectivity index (χ1) is 9.19. The van der Waals surface area contributed by atoms with Crippen LogP contribution in [-0.2, 0) is 0 Å². The summed E-state index contributed by atoms with van der Waals surface area (Å²) < 4.78 is 5.71. The Morgan fingerprint density at radius 3 is 3.11 bits per heavy atom. The number of para-hydroxylation sites is 1. The van der Waals surface area contributed by atoms with Gasteiger partial charge in [-0.15, -0.1) is 0 Å². The number of aliphatic hydroxyl groups is 1. The molecule has 0 aliphatic carbocycles. The van der Waals surface area contributed by atoms with Crippen molar-refractivity contribution in [3.63, 3.8) is 0 Å². The second kappa shape index (κ2) is 5.14. The number of benzene rings is 1. The Labute approximate surface area is 115 Å². The molecule has 0 radical (unpaired) electrons. The maximum Gasteiger partial charge on any atom is 0.122 e. The summed E-state index contributed by atoms with van der Waals surface area (Å²) in [6.07, 6.45) is 2.73. The van der Waals surface area contributed by atoms with Gasteiger partial charge < -0.3 is 15.2 Å². The van der Waals surface area contributed by atoms with Crippen LogP contribution in [0.15, 0.2) is 24.3 Å². The highest BCUT2D eigenvalue weighted by Crippen LogP contribution is 2.41. The lowest BCUT2D eigenvalue weighted by atomic mass is 9.74. The Balaban J connectivity index is 1.80. The molecule has 104 valence electrons. The summed E-state index contributed by atoms with van der Waals surface area (Å²) >= 11 is 0. The quantitative estimate of drug-likeness (QED) is 0.858. The average molecular weight is 261 g/mol. The Kier molecular flexibility index (Phi) is 3.50. The molecule has 2 N–H and O–H groups in total. The lowest BCUT2D eigenvalue weighted by Gasteiger charge is -2.41. The Morgan fingerprint density at radius 2 is 2.26 bits per heavy atom. The van der Waals surface area contributed by atoms with Gasteiger partial charge in [-0.3, -0.25) is 0 Å². The van der Waals surface area contributed by atoms with Crippen molar-refractivity contribution in [3.8, 4) is 5.75 Å². The second-order valence-corrected chi connectivity index (χ2v) is 6.03. The van der Waals surface area contributed by atoms with Crippen LogP contribution in [0, 0.1) is 5.92 Å². The molecular weight excluding hydrogens is 238 g/mol. The predicted molar refractivity (Wildman–Crippen MR) is 75.5 cm³/mol. The van der Waals surface area contributed by atoms with Gasteiger partial charge in [0.25, 0.3) is 0 Å². The van der Waals surface area contributed by atoms with Crippen molar-refractivity contribution in [1.82, 2.24) is 5.32 Å². The topological polar surface area (TPSA) is 41.5 Å². The fraction of sp³-hybridized carbons (Fsp3) is 0.625. The van der Waals surface area contributed by atoms with Crippen LogP contribution in [0.4, 0.5) is 0 Å². The zero-order chi connectivity index (χ0) is 13.3. The Hall–Kier alpha value is -1.06. The number of hydrogen-bond donors (Lipinski definition) is 2. The molecule has 3 atom stereocenters. The van der Waals surface area contributed by atoms with E-state index in [2.05, 4.69) is 24.4 Å². The van der Waals surface area contributed by atoms with Crippen molar-refractivity contribution >= 4 is 0 Å². The van der Waals surface area contributed by atoms with Crippen molar-refractivity contribution in [1.29, 1.82) is 0 Å². The minimum Gasteiger partial charge on any atom is -0.493 e. The van der Waals surface area contributed by atoms with E-state index in [0.717, 1.165) is 44.7 Å². The predicted octanol–water partition coefficient (Wildman–Crippen LogP) is 2.30. The maximum absolute atomic E-state index is 10.9. The molecule has 1 aromatic carbocycles. The normalized spacial score (nSPS) is 34.4. The molecule has 19 heavy (non-hydrogen) atoms. The van der Waals surface area contributed by atoms with Gasteiger partial charge in [-0.1, -0.05) is 25.1 Å². The van der Waals surface area contributed by atoms with Gasteiger partial charge >= 0.3 is 0 Å². The van der Waals surface area contributed by atoms with Gasteiger partial charge in [0, 0.05) is 6.54 Å². The number of piperidine rings is 1. The van der Waals surface area contributed by atoms with Crippen molar-refractivity contribution in [2.75, 3.05) is 19.7 Å². The molecule has 1 aromatic rings. The highest BCUT2D eigenvalue weighted by molar-refractivity contribution is 5.38. The summed E-state index contributed by atoms with van der Waals surface area (Å²) in [6, 6.07) is 8.27. The highest BCUT2D eigenvalue weighted by Gasteiger charge is 2.39. The average Bonchev–Trinajstić information content (AvgIpc) is 2.43. The van der Waals surface area contributed by atoms with Gasteiger partial charge in [-0.25, -0.2) is 0 Å². The van der Waals surface area contributed by atoms with E-state index in [4.69, 9.17) is 4.74 Å². The standard InChI is InChI=1S/C16H23NO2/c1-12-11-17-8-7-16(12,18)10-13-6-9-19-15-5-3-2-4-14(13)15/h2-5,12-13,17-18H,6-11H2,1H3. The monoisotopic (exact) mass is 261 g/mol. The molecule has 1 fully saturated rings. The highest BCUT2D eigenvalue weighted by atomic mass is 16.5. The minimum atomic E-state index is -0.527. The molecule has 2 aliphatic heterocycles. The fourth-order valence-corrected chi connectivity index (χ4v) is 3.42. The van der Waals surface area contributed by atoms with E-state index in [1.54, 1.807) is 0 Å². The molecule has 2 aliphatic rings. The summed E-state index contributed by atoms with van der Waals surface area (Å²) in [5.74, 6) is 1.75. The molecule has 0 saturated carbocycles. The van der Waals surface area contributed by atoms with Crippen LogP contribution in [-0.4, -0.2) is 30.4 Å². The zero-order valence-electron chi connectivity index (χ0n) is 11.6. The Morgan fingerprint density at radius 1 is 1.42 bits per heavy atom. The van der Waals surface area contributed by atoms with Gasteiger partial charge in [-0.05, 0) is 49.3 Å². The summed E-state index contributed by atoms with van der Waals surface area (Å²) in [7, 11) is 0. The number of fused-ring (bicyclic) bond motifs is 1. The summed E-state index contributed by atoms with van der Waals surface area (Å²) in [4.78, 5) is 0. The first-order valence-corrected chi connectivity index (χ1v) is 7.34. The van der Waals surface area contributed by atoms with Crippen LogP contribution in [0.25, 0.3) is 0 Å². The molecule has 2 heterocycles. The second-order valence-electron chi connectivity index (χ2n) is 6.03. The summed E-state index contributed by atoms with van der Waals surface area (Å²) in [6.45, 7) is 4.76. The molecule has 3 rings (SSSR count). The number of ether oxygens (including phenoxy) is 1. The van der Waals surface area contributed by atoms with E-state index in [-0.39, 0.29) is 0 Å². The number of nitrogens with one attached hydrogen (secondary N) is 1. The molecule has 0 bridgehead atoms. The first-order valence-electron chi connectivity index (χ1n) is 7.34. The molecule has 3 heteroatoms. The van der Waals surface area contributed by atoms with Crippen LogP contribution in [0.1, 0.15) is 37.7 Å². The van der Waals surface area contributed by atoms with E-state index >= 15 is 0 Å². The fourth-order valence-electron chi connectivity index (χ4n) is 3.42. The smallest absolute Gasteiger partial charge is 0.122 e. The lowest BCUT2D eigenvalue weighted by Crippen LogP contribution is -2.49. The number of hydrogen-bond acceptors (Lipinski definition) is 3. The molecule has 0 aromatic heterocycles. The zero-order valence-corrected chi connectivity index (χ0v) is 11.6. The van der Waals surface area contributed by atoms with E-state index in [1.807, 2.05) is 12.1 Å². The third kappa shape index (κ3) is 2.49. The maximum atomic E-state index is 10.9. The van der Waals surface area contributed by atoms with Gasteiger partial charge in [0.05, 0.1) is 12.2 Å². The van der Waals surface area contributed by atoms with Gasteiger partial charge in [0.1, 0.15) is 5.75 Å². The molecule has 3 unspecified atom stereocenters. The Bertz CT molecular complexity index is 448. The third-order valence-electron chi connectivity index (χ3n) is 4.79. The molecule has 1 saturated heterocycles. The van der Waals surface area contributed by atoms with Crippen molar-refractivity contribution < 1.29 is 9.84 Å². The first kappa shape index (κ1) is 12.9. The van der Waals surface area contributed by atoms with Crippen LogP contribution in [0.3, 0.4) is 0 Å². The van der Waals surface area contributed by atoms with Gasteiger partial charge in [0.2, 0.25) is 0 Å². The minimum absolute atomic E-state index is 0.316. The molecular formula is C16H23NO2.